The first-order chi connectivity index (χ1) is 17.0. The fourth-order valence-electron chi connectivity index (χ4n) is 3.54. The highest BCUT2D eigenvalue weighted by molar-refractivity contribution is 6.04. The van der Waals surface area contributed by atoms with Gasteiger partial charge in [0.15, 0.2) is 5.82 Å². The van der Waals surface area contributed by atoms with Gasteiger partial charge >= 0.3 is 0 Å². The van der Waals surface area contributed by atoms with Crippen LogP contribution in [-0.4, -0.2) is 32.3 Å². The molecule has 8 nitrogen and oxygen atoms in total. The third-order valence-electron chi connectivity index (χ3n) is 5.32. The van der Waals surface area contributed by atoms with Crippen molar-refractivity contribution in [2.75, 3.05) is 11.9 Å². The van der Waals surface area contributed by atoms with E-state index in [-0.39, 0.29) is 5.91 Å². The Kier molecular flexibility index (Phi) is 7.72. The number of aromatic nitrogens is 4. The number of carbonyl (C=O) groups is 1. The number of unbranched alkanes of at least 4 members (excludes halogenated alkanes) is 2. The van der Waals surface area contributed by atoms with Crippen LogP contribution in [0.25, 0.3) is 5.82 Å². The van der Waals surface area contributed by atoms with Gasteiger partial charge in [-0.2, -0.15) is 5.10 Å². The standard InChI is InChI=1S/C27H29N5O3/c1-4-5-6-15-34-23-11-7-21(8-12-23)27(33)30-22-9-13-24(14-10-22)35-26-17-25(28-18-29-26)32-20(3)16-19(2)31-32/h7-14,16-18H,4-6,15H2,1-3H3,(H,30,33). The summed E-state index contributed by atoms with van der Waals surface area (Å²) in [6, 6.07) is 18.0. The molecule has 1 N–H and O–H groups in total. The molecule has 0 radical (unpaired) electrons. The molecule has 2 aromatic heterocycles. The van der Waals surface area contributed by atoms with E-state index in [4.69, 9.17) is 9.47 Å². The molecule has 2 aromatic carbocycles. The van der Waals surface area contributed by atoms with Crippen LogP contribution in [0.4, 0.5) is 5.69 Å². The quantitative estimate of drug-likeness (QED) is 0.290. The first-order valence-electron chi connectivity index (χ1n) is 11.7. The van der Waals surface area contributed by atoms with E-state index in [9.17, 15) is 4.79 Å². The lowest BCUT2D eigenvalue weighted by Gasteiger charge is -2.09. The van der Waals surface area contributed by atoms with Crippen molar-refractivity contribution in [3.05, 3.63) is 83.9 Å². The zero-order valence-corrected chi connectivity index (χ0v) is 20.2. The molecule has 0 saturated carbocycles. The van der Waals surface area contributed by atoms with E-state index in [0.717, 1.165) is 36.4 Å². The number of benzene rings is 2. The van der Waals surface area contributed by atoms with Gasteiger partial charge < -0.3 is 14.8 Å². The van der Waals surface area contributed by atoms with E-state index in [0.29, 0.717) is 35.3 Å². The Hall–Kier alpha value is -4.20. The van der Waals surface area contributed by atoms with Crippen molar-refractivity contribution in [2.24, 2.45) is 0 Å². The third-order valence-corrected chi connectivity index (χ3v) is 5.32. The van der Waals surface area contributed by atoms with Crippen LogP contribution in [0.5, 0.6) is 17.4 Å². The molecular formula is C27H29N5O3. The maximum absolute atomic E-state index is 12.6. The van der Waals surface area contributed by atoms with E-state index in [2.05, 4.69) is 27.3 Å². The first kappa shape index (κ1) is 23.9. The molecule has 2 heterocycles. The number of aryl methyl sites for hydroxylation is 2. The molecular weight excluding hydrogens is 442 g/mol. The van der Waals surface area contributed by atoms with E-state index in [1.165, 1.54) is 6.33 Å². The van der Waals surface area contributed by atoms with Gasteiger partial charge in [-0.05, 0) is 74.9 Å². The Labute approximate surface area is 205 Å². The number of nitrogens with zero attached hydrogens (tertiary/aromatic N) is 4. The van der Waals surface area contributed by atoms with Crippen molar-refractivity contribution in [1.29, 1.82) is 0 Å². The molecule has 180 valence electrons. The van der Waals surface area contributed by atoms with Gasteiger partial charge in [0.25, 0.3) is 5.91 Å². The van der Waals surface area contributed by atoms with Crippen LogP contribution in [0.2, 0.25) is 0 Å². The summed E-state index contributed by atoms with van der Waals surface area (Å²) >= 11 is 0. The summed E-state index contributed by atoms with van der Waals surface area (Å²) in [6.07, 6.45) is 4.77. The van der Waals surface area contributed by atoms with Crippen LogP contribution in [0, 0.1) is 13.8 Å². The molecule has 0 aliphatic heterocycles. The highest BCUT2D eigenvalue weighted by Gasteiger charge is 2.09. The summed E-state index contributed by atoms with van der Waals surface area (Å²) in [6.45, 7) is 6.74. The Bertz CT molecular complexity index is 1270. The number of hydrogen-bond acceptors (Lipinski definition) is 6. The van der Waals surface area contributed by atoms with Crippen LogP contribution in [0.15, 0.2) is 67.0 Å². The number of nitrogens with one attached hydrogen (secondary N) is 1. The van der Waals surface area contributed by atoms with Gasteiger partial charge in [-0.3, -0.25) is 4.79 Å². The van der Waals surface area contributed by atoms with Gasteiger partial charge in [0.05, 0.1) is 12.3 Å². The highest BCUT2D eigenvalue weighted by atomic mass is 16.5. The number of rotatable bonds is 10. The Morgan fingerprint density at radius 3 is 2.37 bits per heavy atom. The zero-order valence-electron chi connectivity index (χ0n) is 20.2. The van der Waals surface area contributed by atoms with Crippen LogP contribution in [-0.2, 0) is 0 Å². The number of amides is 1. The topological polar surface area (TPSA) is 91.2 Å². The molecule has 0 aliphatic rings. The van der Waals surface area contributed by atoms with Crippen molar-refractivity contribution in [3.8, 4) is 23.2 Å². The van der Waals surface area contributed by atoms with Gasteiger partial charge in [0.2, 0.25) is 5.88 Å². The maximum atomic E-state index is 12.6. The number of anilines is 1. The predicted molar refractivity (Wildman–Crippen MR) is 135 cm³/mol. The fraction of sp³-hybridized carbons (Fsp3) is 0.259. The Morgan fingerprint density at radius 2 is 1.69 bits per heavy atom. The number of hydrogen-bond donors (Lipinski definition) is 1. The Morgan fingerprint density at radius 1 is 0.943 bits per heavy atom. The van der Waals surface area contributed by atoms with Crippen molar-refractivity contribution in [1.82, 2.24) is 19.7 Å². The van der Waals surface area contributed by atoms with Crippen LogP contribution < -0.4 is 14.8 Å². The fourth-order valence-corrected chi connectivity index (χ4v) is 3.54. The van der Waals surface area contributed by atoms with Gasteiger partial charge in [0.1, 0.15) is 17.8 Å². The van der Waals surface area contributed by atoms with Crippen LogP contribution in [0.3, 0.4) is 0 Å². The highest BCUT2D eigenvalue weighted by Crippen LogP contribution is 2.23. The van der Waals surface area contributed by atoms with E-state index in [1.807, 2.05) is 32.0 Å². The molecule has 4 rings (SSSR count). The minimum absolute atomic E-state index is 0.193. The number of ether oxygens (including phenoxy) is 2. The van der Waals surface area contributed by atoms with E-state index < -0.39 is 0 Å². The monoisotopic (exact) mass is 471 g/mol. The Balaban J connectivity index is 1.34. The molecule has 0 fully saturated rings. The average Bonchev–Trinajstić information content (AvgIpc) is 3.21. The number of carbonyl (C=O) groups excluding carboxylic acids is 1. The summed E-state index contributed by atoms with van der Waals surface area (Å²) < 4.78 is 13.3. The minimum Gasteiger partial charge on any atom is -0.494 e. The van der Waals surface area contributed by atoms with E-state index >= 15 is 0 Å². The average molecular weight is 472 g/mol. The molecule has 0 bridgehead atoms. The summed E-state index contributed by atoms with van der Waals surface area (Å²) in [5.74, 6) is 2.19. The molecule has 0 saturated heterocycles. The van der Waals surface area contributed by atoms with Gasteiger partial charge in [-0.1, -0.05) is 19.8 Å². The summed E-state index contributed by atoms with van der Waals surface area (Å²) in [4.78, 5) is 21.1. The molecule has 0 spiro atoms. The third kappa shape index (κ3) is 6.44. The summed E-state index contributed by atoms with van der Waals surface area (Å²) in [5.41, 5.74) is 3.10. The van der Waals surface area contributed by atoms with Crippen molar-refractivity contribution in [3.63, 3.8) is 0 Å². The molecule has 0 aliphatic carbocycles. The van der Waals surface area contributed by atoms with Crippen molar-refractivity contribution >= 4 is 11.6 Å². The summed E-state index contributed by atoms with van der Waals surface area (Å²) in [5, 5.41) is 7.34. The lowest BCUT2D eigenvalue weighted by atomic mass is 10.2. The van der Waals surface area contributed by atoms with E-state index in [1.54, 1.807) is 47.1 Å². The predicted octanol–water partition coefficient (Wildman–Crippen LogP) is 5.89. The molecule has 1 amide bonds. The molecule has 8 heteroatoms. The lowest BCUT2D eigenvalue weighted by molar-refractivity contribution is 0.102. The minimum atomic E-state index is -0.193. The molecule has 0 unspecified atom stereocenters. The molecule has 35 heavy (non-hydrogen) atoms. The smallest absolute Gasteiger partial charge is 0.255 e. The lowest BCUT2D eigenvalue weighted by Crippen LogP contribution is -2.11. The second-order valence-corrected chi connectivity index (χ2v) is 8.21. The second-order valence-electron chi connectivity index (χ2n) is 8.21. The molecule has 4 aromatic rings. The van der Waals surface area contributed by atoms with Gasteiger partial charge in [-0.25, -0.2) is 14.6 Å². The summed E-state index contributed by atoms with van der Waals surface area (Å²) in [7, 11) is 0. The first-order valence-corrected chi connectivity index (χ1v) is 11.7. The zero-order chi connectivity index (χ0) is 24.6. The van der Waals surface area contributed by atoms with Crippen molar-refractivity contribution < 1.29 is 14.3 Å². The van der Waals surface area contributed by atoms with Crippen LogP contribution >= 0.6 is 0 Å². The normalized spacial score (nSPS) is 10.7. The largest absolute Gasteiger partial charge is 0.494 e. The van der Waals surface area contributed by atoms with Gasteiger partial charge in [-0.15, -0.1) is 0 Å². The molecule has 0 atom stereocenters. The van der Waals surface area contributed by atoms with Gasteiger partial charge in [0, 0.05) is 23.0 Å². The second kappa shape index (κ2) is 11.3. The van der Waals surface area contributed by atoms with Crippen molar-refractivity contribution in [2.45, 2.75) is 40.0 Å². The SMILES string of the molecule is CCCCCOc1ccc(C(=O)Nc2ccc(Oc3cc(-n4nc(C)cc4C)ncn3)cc2)cc1. The maximum Gasteiger partial charge on any atom is 0.255 e. The van der Waals surface area contributed by atoms with Crippen LogP contribution in [0.1, 0.15) is 47.9 Å².